The Morgan fingerprint density at radius 1 is 0.511 bits per heavy atom. The fourth-order valence-electron chi connectivity index (χ4n) is 14.7. The first-order chi connectivity index (χ1) is 63.9. The van der Waals surface area contributed by atoms with Gasteiger partial charge >= 0.3 is 5.97 Å². The van der Waals surface area contributed by atoms with Gasteiger partial charge in [-0.1, -0.05) is 128 Å². The number of hydrogen-bond acceptors (Lipinski definition) is 23. The number of hydrogen-bond donors (Lipinski definition) is 24. The molecule has 6 aromatic rings. The second kappa shape index (κ2) is 52.6. The van der Waals surface area contributed by atoms with Crippen LogP contribution in [0.5, 0.6) is 0 Å². The number of amides is 16. The summed E-state index contributed by atoms with van der Waals surface area (Å²) in [5.41, 5.74) is 20.9. The van der Waals surface area contributed by atoms with Crippen LogP contribution in [0.1, 0.15) is 137 Å². The van der Waals surface area contributed by atoms with E-state index < -0.39 is 239 Å². The minimum atomic E-state index is -2.06. The zero-order valence-corrected chi connectivity index (χ0v) is 78.5. The Labute approximate surface area is 785 Å². The molecule has 0 saturated carbocycles. The molecule has 16 amide bonds. The maximum Gasteiger partial charge on any atom is 0.305 e. The molecule has 0 spiro atoms. The van der Waals surface area contributed by atoms with Crippen molar-refractivity contribution in [2.24, 2.45) is 40.9 Å². The van der Waals surface area contributed by atoms with Gasteiger partial charge < -0.3 is 127 Å². The number of fused-ring (bicyclic) bond motifs is 1. The summed E-state index contributed by atoms with van der Waals surface area (Å²) in [4.78, 5) is 265. The van der Waals surface area contributed by atoms with Gasteiger partial charge in [0.05, 0.1) is 30.9 Å². The minimum Gasteiger partial charge on any atom is -0.481 e. The molecule has 0 radical (unpaired) electrons. The van der Waals surface area contributed by atoms with Crippen LogP contribution in [-0.2, 0) is 107 Å². The van der Waals surface area contributed by atoms with Crippen molar-refractivity contribution >= 4 is 129 Å². The molecule has 0 aliphatic carbocycles. The first-order valence-electron chi connectivity index (χ1n) is 44.6. The Hall–Kier alpha value is -13.8. The van der Waals surface area contributed by atoms with Gasteiger partial charge in [0.1, 0.15) is 90.6 Å². The number of aliphatic hydroxyl groups excluding tert-OH is 1. The molecule has 1 aliphatic rings. The lowest BCUT2D eigenvalue weighted by molar-refractivity contribution is -0.143. The summed E-state index contributed by atoms with van der Waals surface area (Å²) in [5.74, 6) is -21.5. The number of guanidine groups is 1. The number of aliphatic hydroxyl groups is 1. The van der Waals surface area contributed by atoms with Crippen LogP contribution in [0.25, 0.3) is 22.0 Å². The summed E-state index contributed by atoms with van der Waals surface area (Å²) >= 11 is 0.705. The van der Waals surface area contributed by atoms with Gasteiger partial charge in [-0.25, -0.2) is 9.97 Å². The Morgan fingerprint density at radius 3 is 1.50 bits per heavy atom. The van der Waals surface area contributed by atoms with Gasteiger partial charge in [0.2, 0.25) is 94.5 Å². The highest BCUT2D eigenvalue weighted by atomic mass is 32.2. The lowest BCUT2D eigenvalue weighted by Crippen LogP contribution is -2.63. The summed E-state index contributed by atoms with van der Waals surface area (Å²) in [6, 6.07) is -0.831. The first kappa shape index (κ1) is 108. The molecule has 0 unspecified atom stereocenters. The Morgan fingerprint density at radius 2 is 0.963 bits per heavy atom. The number of carbonyl (C=O) groups excluding carboxylic acids is 16. The number of aliphatic carboxylic acids is 1. The maximum atomic E-state index is 15.4. The number of nitrogens with zero attached hydrogens (tertiary/aromatic N) is 3. The molecule has 1 saturated heterocycles. The second-order valence-electron chi connectivity index (χ2n) is 34.9. The molecule has 44 nitrogen and oxygen atoms in total. The number of aromatic nitrogens is 5. The first-order valence-corrected chi connectivity index (χ1v) is 45.8. The van der Waals surface area contributed by atoms with Crippen molar-refractivity contribution in [1.29, 1.82) is 5.41 Å². The molecule has 135 heavy (non-hydrogen) atoms. The molecule has 1 fully saturated rings. The zero-order chi connectivity index (χ0) is 99.6. The van der Waals surface area contributed by atoms with E-state index in [1.165, 1.54) is 59.8 Å². The number of benzene rings is 3. The van der Waals surface area contributed by atoms with Gasteiger partial charge in [-0.3, -0.25) is 86.9 Å². The number of carboxylic acids is 1. The maximum absolute atomic E-state index is 15.4. The van der Waals surface area contributed by atoms with Gasteiger partial charge in [0.15, 0.2) is 5.96 Å². The van der Waals surface area contributed by atoms with Crippen molar-refractivity contribution in [2.75, 3.05) is 31.6 Å². The molecular weight excluding hydrogens is 1770 g/mol. The molecular formula is C90H129N25O19S. The summed E-state index contributed by atoms with van der Waals surface area (Å²) in [7, 11) is 1.27. The van der Waals surface area contributed by atoms with Crippen molar-refractivity contribution in [3.05, 3.63) is 133 Å². The van der Waals surface area contributed by atoms with E-state index in [4.69, 9.17) is 22.6 Å². The predicted octanol–water partition coefficient (Wildman–Crippen LogP) is -2.69. The quantitative estimate of drug-likeness (QED) is 0.0142. The number of nitrogens with two attached hydrogens (primary N) is 3. The number of primary amides is 1. The topological polar surface area (TPSA) is 689 Å². The molecule has 0 bridgehead atoms. The van der Waals surface area contributed by atoms with E-state index in [1.807, 2.05) is 30.3 Å². The number of thioether (sulfide) groups is 1. The number of nitrogens with one attached hydrogen (secondary N) is 19. The lowest BCUT2D eigenvalue weighted by atomic mass is 9.98. The summed E-state index contributed by atoms with van der Waals surface area (Å²) in [6.45, 7) is 16.7. The van der Waals surface area contributed by atoms with Gasteiger partial charge in [-0.15, -0.1) is 11.8 Å². The molecule has 3 aromatic heterocycles. The third kappa shape index (κ3) is 34.0. The molecule has 3 aromatic carbocycles. The van der Waals surface area contributed by atoms with Crippen LogP contribution >= 0.6 is 11.8 Å². The summed E-state index contributed by atoms with van der Waals surface area (Å²) < 4.78 is 0. The molecule has 734 valence electrons. The average molecular weight is 1900 g/mol. The van der Waals surface area contributed by atoms with Crippen LogP contribution in [0.15, 0.2) is 110 Å². The number of rotatable bonds is 27. The standard InChI is InChI=1S/C90H129N25O19S/c1-45(2)31-62-78(123)103-60(28-29-91)77(122)106-63(32-46(3)4)83(128)113-73(48(7)8)87(132)114-74(51(11)116)88(133)111-69(85(130)101-49(9)75(92)120)41-135-42-70(117)102-66(35-56-39-95-43-99-56)80(125)108-67(36-57-40-96-44-100-57)81(126)109-68(37-71(118)119)82(127)107-65(34-55-38-98-59-22-17-16-21-58(55)59)84(129)112-72(47(5)6)86(131)110-64(33-52-24-26-54(27-25-52)53-19-14-13-15-20-53)79(124)104-61(23-18-30-97-90(93)94)89(134)115(12)50(10)76(121)105-62/h13-17,19-22,24-27,38-40,43-51,60-69,72-74,98,116H,18,23,28-37,41-42,91H2,1-12H3,(H2,92,120)(H,95,99)(H,96,100)(H,101,130)(H,102,117)(H,103,123)(H,104,124)(H,105,121)(H,106,122)(H,107,127)(H,108,125)(H,109,126)(H,110,131)(H,111,133)(H,112,129)(H,113,128)(H,114,132)(H,118,119)(H4,93,94,97)/t49-,50-,51+,60-,61-,62+,63-,64-,65-,66-,67-,68-,69-,72-,73-,74-/m0/s1. The number of carbonyl (C=O) groups is 17. The van der Waals surface area contributed by atoms with Crippen molar-refractivity contribution < 1.29 is 91.7 Å². The average Bonchev–Trinajstić information content (AvgIpc) is 1.65. The van der Waals surface area contributed by atoms with E-state index >= 15 is 28.8 Å². The SMILES string of the molecule is CC(C)C[C@@H]1NC(=O)[C@H](CCN)NC(=O)[C@@H](CC(C)C)NC(=O)[C@H](C)N(C)C(=O)[C@H](CCCNC(=N)N)NC(=O)[C@H](Cc2ccc(-c3ccccc3)cc2)NC(=O)[C@H](C(C)C)NC(=O)[C@H](Cc2c[nH]c3ccccc23)NC(=O)[C@H](CC(=O)O)NC(=O)[C@H](Cc2cnc[nH]2)NC(=O)[C@H](Cc2cnc[nH]2)NC(=O)CSC[C@@H](C(=O)N[C@@H](C)C(N)=O)NC(=O)[C@H]([C@@H](C)O)NC(=O)[C@H](C(C)C)NC1=O. The number of imidazole rings is 2. The zero-order valence-electron chi connectivity index (χ0n) is 77.7. The normalized spacial score (nSPS) is 23.6. The fourth-order valence-corrected chi connectivity index (χ4v) is 15.5. The van der Waals surface area contributed by atoms with Crippen LogP contribution in [0.4, 0.5) is 0 Å². The number of likely N-dealkylation sites (N-methyl/N-ethyl adjacent to an activating group) is 1. The van der Waals surface area contributed by atoms with E-state index in [1.54, 1.807) is 96.3 Å². The van der Waals surface area contributed by atoms with Gasteiger partial charge in [-0.05, 0) is 111 Å². The smallest absolute Gasteiger partial charge is 0.305 e. The van der Waals surface area contributed by atoms with Crippen molar-refractivity contribution in [2.45, 2.75) is 237 Å². The third-order valence-corrected chi connectivity index (χ3v) is 23.3. The van der Waals surface area contributed by atoms with Gasteiger partial charge in [0, 0.05) is 85.9 Å². The lowest BCUT2D eigenvalue weighted by Gasteiger charge is -2.32. The molecule has 7 rings (SSSR count). The van der Waals surface area contributed by atoms with Crippen LogP contribution in [0, 0.1) is 29.1 Å². The fraction of sp³-hybridized carbons (Fsp3) is 0.511. The Balaban J connectivity index is 1.32. The van der Waals surface area contributed by atoms with E-state index in [2.05, 4.69) is 105 Å². The van der Waals surface area contributed by atoms with Crippen LogP contribution in [0.3, 0.4) is 0 Å². The Kier molecular flexibility index (Phi) is 42.1. The van der Waals surface area contributed by atoms with Crippen LogP contribution < -0.4 is 97.0 Å². The van der Waals surface area contributed by atoms with E-state index in [9.17, 15) is 63.0 Å². The summed E-state index contributed by atoms with van der Waals surface area (Å²) in [5, 5.41) is 69.2. The monoisotopic (exact) mass is 1900 g/mol. The van der Waals surface area contributed by atoms with Gasteiger partial charge in [-0.2, -0.15) is 0 Å². The Bertz CT molecular complexity index is 5070. The molecule has 16 atom stereocenters. The number of aromatic amines is 3. The third-order valence-electron chi connectivity index (χ3n) is 22.3. The van der Waals surface area contributed by atoms with Crippen molar-refractivity contribution in [3.8, 4) is 11.1 Å². The number of H-pyrrole nitrogens is 3. The highest BCUT2D eigenvalue weighted by Crippen LogP contribution is 2.24. The molecule has 4 heterocycles. The second-order valence-corrected chi connectivity index (χ2v) is 36.0. The number of carboxylic acid groups (broad SMARTS) is 1. The van der Waals surface area contributed by atoms with Crippen LogP contribution in [0.2, 0.25) is 0 Å². The largest absolute Gasteiger partial charge is 0.481 e. The van der Waals surface area contributed by atoms with Crippen molar-refractivity contribution in [3.63, 3.8) is 0 Å². The molecule has 1 aliphatic heterocycles. The minimum absolute atomic E-state index is 0.000696. The highest BCUT2D eigenvalue weighted by Gasteiger charge is 2.42. The summed E-state index contributed by atoms with van der Waals surface area (Å²) in [6.07, 6.45) is 1.95. The van der Waals surface area contributed by atoms with E-state index in [0.29, 0.717) is 33.8 Å². The van der Waals surface area contributed by atoms with Crippen LogP contribution in [-0.4, -0.2) is 275 Å². The number of para-hydroxylation sites is 1. The van der Waals surface area contributed by atoms with Crippen molar-refractivity contribution in [1.82, 2.24) is 110 Å². The highest BCUT2D eigenvalue weighted by molar-refractivity contribution is 8.00. The van der Waals surface area contributed by atoms with Gasteiger partial charge in [0.25, 0.3) is 0 Å². The van der Waals surface area contributed by atoms with E-state index in [0.717, 1.165) is 23.0 Å². The molecule has 45 heteroatoms. The van der Waals surface area contributed by atoms with E-state index in [-0.39, 0.29) is 87.7 Å². The predicted molar refractivity (Wildman–Crippen MR) is 499 cm³/mol. The molecule has 27 N–H and O–H groups in total.